The smallest absolute Gasteiger partial charge is 0.229 e. The maximum absolute atomic E-state index is 6.01. The number of fused-ring (bicyclic) bond motifs is 1. The van der Waals surface area contributed by atoms with Gasteiger partial charge >= 0.3 is 0 Å². The lowest BCUT2D eigenvalue weighted by molar-refractivity contribution is -0.0383. The highest BCUT2D eigenvalue weighted by Crippen LogP contribution is 2.37. The molecule has 6 heterocycles. The van der Waals surface area contributed by atoms with Crippen LogP contribution >= 0.6 is 11.3 Å². The summed E-state index contributed by atoms with van der Waals surface area (Å²) in [5, 5.41) is 5.48. The molecule has 10 nitrogen and oxygen atoms in total. The summed E-state index contributed by atoms with van der Waals surface area (Å²) in [7, 11) is 0. The minimum Gasteiger partial charge on any atom is -0.377 e. The highest BCUT2D eigenvalue weighted by Gasteiger charge is 2.29. The Bertz CT molecular complexity index is 1140. The average Bonchev–Trinajstić information content (AvgIpc) is 3.52. The molecule has 3 atom stereocenters. The second-order valence-electron chi connectivity index (χ2n) is 9.24. The van der Waals surface area contributed by atoms with Crippen molar-refractivity contribution in [2.45, 2.75) is 51.4 Å². The van der Waals surface area contributed by atoms with Crippen molar-refractivity contribution in [3.05, 3.63) is 12.3 Å². The van der Waals surface area contributed by atoms with Gasteiger partial charge in [-0.2, -0.15) is 15.1 Å². The van der Waals surface area contributed by atoms with Crippen LogP contribution in [0.5, 0.6) is 0 Å². The number of ether oxygens (including phenoxy) is 3. The van der Waals surface area contributed by atoms with Crippen LogP contribution in [0.1, 0.15) is 39.3 Å². The quantitative estimate of drug-likeness (QED) is 0.553. The first-order chi connectivity index (χ1) is 16.7. The summed E-state index contributed by atoms with van der Waals surface area (Å²) in [4.78, 5) is 20.6. The summed E-state index contributed by atoms with van der Waals surface area (Å²) in [6.07, 6.45) is 5.01. The van der Waals surface area contributed by atoms with Crippen molar-refractivity contribution in [1.29, 1.82) is 0 Å². The van der Waals surface area contributed by atoms with Crippen molar-refractivity contribution in [3.8, 4) is 10.7 Å². The van der Waals surface area contributed by atoms with Crippen LogP contribution in [0.25, 0.3) is 21.0 Å². The molecule has 34 heavy (non-hydrogen) atoms. The molecule has 0 radical (unpaired) electrons. The Morgan fingerprint density at radius 1 is 0.941 bits per heavy atom. The average molecular weight is 486 g/mol. The Morgan fingerprint density at radius 2 is 1.74 bits per heavy atom. The lowest BCUT2D eigenvalue weighted by Crippen LogP contribution is -2.46. The summed E-state index contributed by atoms with van der Waals surface area (Å²) >= 11 is 1.60. The van der Waals surface area contributed by atoms with E-state index in [9.17, 15) is 0 Å². The molecular weight excluding hydrogens is 454 g/mol. The molecule has 0 bridgehead atoms. The fraction of sp³-hybridized carbons (Fsp3) is 0.652. The minimum absolute atomic E-state index is 0.0413. The zero-order valence-electron chi connectivity index (χ0n) is 19.7. The third-order valence-electron chi connectivity index (χ3n) is 6.81. The zero-order chi connectivity index (χ0) is 23.1. The van der Waals surface area contributed by atoms with Gasteiger partial charge in [-0.05, 0) is 39.2 Å². The summed E-state index contributed by atoms with van der Waals surface area (Å²) in [6.45, 7) is 9.39. The van der Waals surface area contributed by atoms with Gasteiger partial charge in [0.15, 0.2) is 16.9 Å². The van der Waals surface area contributed by atoms with Crippen molar-refractivity contribution < 1.29 is 14.2 Å². The number of nitrogens with zero attached hydrogens (tertiary/aromatic N) is 7. The first-order valence-corrected chi connectivity index (χ1v) is 13.0. The number of anilines is 2. The lowest BCUT2D eigenvalue weighted by atomic mass is 10.2. The van der Waals surface area contributed by atoms with Crippen molar-refractivity contribution >= 4 is 33.5 Å². The van der Waals surface area contributed by atoms with Crippen molar-refractivity contribution in [1.82, 2.24) is 24.7 Å². The molecule has 0 aromatic carbocycles. The van der Waals surface area contributed by atoms with Crippen LogP contribution in [0.3, 0.4) is 0 Å². The summed E-state index contributed by atoms with van der Waals surface area (Å²) in [5.74, 6) is 1.63. The molecule has 6 rings (SSSR count). The zero-order valence-corrected chi connectivity index (χ0v) is 20.5. The van der Waals surface area contributed by atoms with Gasteiger partial charge in [0.25, 0.3) is 0 Å². The van der Waals surface area contributed by atoms with E-state index < -0.39 is 0 Å². The van der Waals surface area contributed by atoms with E-state index in [4.69, 9.17) is 29.2 Å². The van der Waals surface area contributed by atoms with Crippen LogP contribution in [0, 0.1) is 0 Å². The van der Waals surface area contributed by atoms with Gasteiger partial charge in [0.1, 0.15) is 16.2 Å². The fourth-order valence-corrected chi connectivity index (χ4v) is 5.88. The van der Waals surface area contributed by atoms with Crippen LogP contribution in [0.15, 0.2) is 12.3 Å². The molecule has 0 N–H and O–H groups in total. The van der Waals surface area contributed by atoms with E-state index in [0.29, 0.717) is 26.4 Å². The van der Waals surface area contributed by atoms with Gasteiger partial charge in [-0.1, -0.05) is 11.3 Å². The number of hydrogen-bond acceptors (Lipinski definition) is 10. The van der Waals surface area contributed by atoms with Crippen LogP contribution in [0.4, 0.5) is 11.8 Å². The molecule has 3 aliphatic rings. The molecule has 3 aliphatic heterocycles. The number of thiazole rings is 1. The van der Waals surface area contributed by atoms with E-state index in [1.807, 2.05) is 16.9 Å². The summed E-state index contributed by atoms with van der Waals surface area (Å²) in [6, 6.07) is 2.46. The Morgan fingerprint density at radius 3 is 2.47 bits per heavy atom. The first-order valence-electron chi connectivity index (χ1n) is 12.2. The molecule has 1 unspecified atom stereocenters. The van der Waals surface area contributed by atoms with E-state index >= 15 is 0 Å². The number of morpholine rings is 2. The van der Waals surface area contributed by atoms with Gasteiger partial charge in [0, 0.05) is 25.9 Å². The molecule has 0 amide bonds. The lowest BCUT2D eigenvalue weighted by Gasteiger charge is -2.36. The normalized spacial score (nSPS) is 26.4. The van der Waals surface area contributed by atoms with Crippen LogP contribution in [-0.2, 0) is 14.2 Å². The number of rotatable bonds is 4. The molecule has 11 heteroatoms. The summed E-state index contributed by atoms with van der Waals surface area (Å²) in [5.41, 5.74) is 1.81. The topological polar surface area (TPSA) is 90.7 Å². The van der Waals surface area contributed by atoms with Gasteiger partial charge in [-0.15, -0.1) is 0 Å². The van der Waals surface area contributed by atoms with Crippen molar-refractivity contribution in [3.63, 3.8) is 0 Å². The monoisotopic (exact) mass is 485 g/mol. The van der Waals surface area contributed by atoms with Gasteiger partial charge in [-0.25, -0.2) is 9.67 Å². The van der Waals surface area contributed by atoms with Crippen LogP contribution < -0.4 is 9.80 Å². The molecule has 0 saturated carbocycles. The predicted octanol–water partition coefficient (Wildman–Crippen LogP) is 3.10. The fourth-order valence-electron chi connectivity index (χ4n) is 4.93. The van der Waals surface area contributed by atoms with Crippen LogP contribution in [0.2, 0.25) is 0 Å². The molecule has 182 valence electrons. The highest BCUT2D eigenvalue weighted by atomic mass is 32.1. The molecule has 0 spiro atoms. The Labute approximate surface area is 202 Å². The molecule has 3 aromatic heterocycles. The highest BCUT2D eigenvalue weighted by molar-refractivity contribution is 7.21. The maximum Gasteiger partial charge on any atom is 0.229 e. The second kappa shape index (κ2) is 9.37. The number of aromatic nitrogens is 5. The van der Waals surface area contributed by atoms with Gasteiger partial charge in [-0.3, -0.25) is 0 Å². The van der Waals surface area contributed by atoms with E-state index in [0.717, 1.165) is 71.8 Å². The largest absolute Gasteiger partial charge is 0.377 e. The summed E-state index contributed by atoms with van der Waals surface area (Å²) < 4.78 is 19.3. The molecule has 3 aromatic rings. The predicted molar refractivity (Wildman–Crippen MR) is 131 cm³/mol. The molecule has 3 saturated heterocycles. The first kappa shape index (κ1) is 22.1. The second-order valence-corrected chi connectivity index (χ2v) is 10.2. The van der Waals surface area contributed by atoms with Gasteiger partial charge in [0.05, 0.1) is 38.5 Å². The van der Waals surface area contributed by atoms with Crippen molar-refractivity contribution in [2.75, 3.05) is 55.9 Å². The van der Waals surface area contributed by atoms with Crippen molar-refractivity contribution in [2.24, 2.45) is 0 Å². The van der Waals surface area contributed by atoms with Gasteiger partial charge in [0.2, 0.25) is 5.95 Å². The molecular formula is C23H31N7O3S. The maximum atomic E-state index is 6.01. The van der Waals surface area contributed by atoms with E-state index in [2.05, 4.69) is 28.7 Å². The Balaban J connectivity index is 1.45. The SMILES string of the molecule is C[C@@H]1COCCN1c1nc(N2CCOC[C@@H]2C)c2nc(-c3ccnn3C3CCCCO3)sc2n1. The Hall–Kier alpha value is -2.34. The van der Waals surface area contributed by atoms with E-state index in [-0.39, 0.29) is 18.3 Å². The third kappa shape index (κ3) is 4.04. The van der Waals surface area contributed by atoms with Crippen LogP contribution in [-0.4, -0.2) is 82.9 Å². The number of hydrogen-bond donors (Lipinski definition) is 0. The van der Waals surface area contributed by atoms with E-state index in [1.165, 1.54) is 0 Å². The Kier molecular flexibility index (Phi) is 6.10. The minimum atomic E-state index is -0.0413. The molecule has 3 fully saturated rings. The molecule has 0 aliphatic carbocycles. The van der Waals surface area contributed by atoms with Gasteiger partial charge < -0.3 is 24.0 Å². The van der Waals surface area contributed by atoms with E-state index in [1.54, 1.807) is 11.3 Å². The standard InChI is InChI=1S/C23H31N7O3S/c1-15-13-31-11-8-28(15)20-19-22(27-23(26-20)29-9-12-32-14-16(29)2)34-21(25-19)17-6-7-24-30(17)18-5-3-4-10-33-18/h6-7,15-16,18H,3-5,8-14H2,1-2H3/t15-,16+,18?/m0/s1. The third-order valence-corrected chi connectivity index (χ3v) is 7.78.